The fourth-order valence-corrected chi connectivity index (χ4v) is 2.64. The van der Waals surface area contributed by atoms with Gasteiger partial charge < -0.3 is 15.3 Å². The Kier molecular flexibility index (Phi) is 3.55. The average molecular weight is 296 g/mol. The first-order valence-electron chi connectivity index (χ1n) is 7.00. The van der Waals surface area contributed by atoms with E-state index in [2.05, 4.69) is 5.32 Å². The molecule has 0 aliphatic carbocycles. The Morgan fingerprint density at radius 3 is 2.68 bits per heavy atom. The molecule has 22 heavy (non-hydrogen) atoms. The van der Waals surface area contributed by atoms with E-state index in [1.54, 1.807) is 7.05 Å². The minimum atomic E-state index is -0.595. The molecule has 0 fully saturated rings. The van der Waals surface area contributed by atoms with E-state index in [0.717, 1.165) is 16.3 Å². The predicted octanol–water partition coefficient (Wildman–Crippen LogP) is 1.74. The van der Waals surface area contributed by atoms with Crippen molar-refractivity contribution in [1.29, 1.82) is 0 Å². The minimum absolute atomic E-state index is 0.0728. The number of likely N-dealkylation sites (N-methyl/N-ethyl adjacent to an activating group) is 1. The number of carbonyl (C=O) groups is 2. The molecule has 1 heterocycles. The Labute approximate surface area is 127 Å². The van der Waals surface area contributed by atoms with Crippen molar-refractivity contribution < 1.29 is 14.7 Å². The highest BCUT2D eigenvalue weighted by Gasteiger charge is 2.28. The molecule has 0 atom stereocenters. The van der Waals surface area contributed by atoms with E-state index in [0.29, 0.717) is 6.54 Å². The van der Waals surface area contributed by atoms with Crippen LogP contribution in [0, 0.1) is 0 Å². The van der Waals surface area contributed by atoms with Crippen LogP contribution in [0.4, 0.5) is 0 Å². The summed E-state index contributed by atoms with van der Waals surface area (Å²) in [5, 5.41) is 14.3. The van der Waals surface area contributed by atoms with Crippen molar-refractivity contribution in [1.82, 2.24) is 10.2 Å². The number of fused-ring (bicyclic) bond motifs is 1. The Bertz CT molecular complexity index is 790. The molecule has 2 aromatic rings. The van der Waals surface area contributed by atoms with E-state index in [1.807, 2.05) is 42.5 Å². The van der Waals surface area contributed by atoms with Crippen molar-refractivity contribution in [3.05, 3.63) is 59.4 Å². The molecule has 0 saturated carbocycles. The molecule has 0 bridgehead atoms. The van der Waals surface area contributed by atoms with Gasteiger partial charge in [0.25, 0.3) is 11.8 Å². The monoisotopic (exact) mass is 296 g/mol. The van der Waals surface area contributed by atoms with Crippen molar-refractivity contribution >= 4 is 22.6 Å². The fraction of sp³-hybridized carbons (Fsp3) is 0.176. The standard InChI is InChI=1S/C17H16N2O3/c1-19(17(22)14-9-18-16(21)15(14)20)10-12-7-4-6-11-5-2-3-8-13(11)12/h2-8,20H,9-10H2,1H3,(H,18,21). The molecule has 0 saturated heterocycles. The van der Waals surface area contributed by atoms with Crippen LogP contribution in [0.5, 0.6) is 0 Å². The van der Waals surface area contributed by atoms with Crippen molar-refractivity contribution in [3.63, 3.8) is 0 Å². The summed E-state index contributed by atoms with van der Waals surface area (Å²) in [7, 11) is 1.66. The molecule has 2 amide bonds. The lowest BCUT2D eigenvalue weighted by Gasteiger charge is -2.19. The first kappa shape index (κ1) is 14.1. The van der Waals surface area contributed by atoms with Crippen molar-refractivity contribution in [2.24, 2.45) is 0 Å². The summed E-state index contributed by atoms with van der Waals surface area (Å²) in [6, 6.07) is 13.9. The summed E-state index contributed by atoms with van der Waals surface area (Å²) in [5.41, 5.74) is 1.14. The highest BCUT2D eigenvalue weighted by Crippen LogP contribution is 2.20. The van der Waals surface area contributed by atoms with Crippen LogP contribution in [-0.4, -0.2) is 35.4 Å². The highest BCUT2D eigenvalue weighted by molar-refractivity contribution is 6.06. The van der Waals surface area contributed by atoms with Gasteiger partial charge in [-0.2, -0.15) is 0 Å². The number of aliphatic hydroxyl groups is 1. The van der Waals surface area contributed by atoms with E-state index in [-0.39, 0.29) is 18.0 Å². The summed E-state index contributed by atoms with van der Waals surface area (Å²) in [6.45, 7) is 0.481. The zero-order valence-electron chi connectivity index (χ0n) is 12.2. The van der Waals surface area contributed by atoms with Crippen LogP contribution in [0.2, 0.25) is 0 Å². The Hall–Kier alpha value is -2.82. The lowest BCUT2D eigenvalue weighted by atomic mass is 10.0. The van der Waals surface area contributed by atoms with Gasteiger partial charge in [-0.05, 0) is 16.3 Å². The van der Waals surface area contributed by atoms with Crippen LogP contribution in [0.3, 0.4) is 0 Å². The smallest absolute Gasteiger partial charge is 0.286 e. The third kappa shape index (κ3) is 2.41. The molecule has 0 radical (unpaired) electrons. The number of rotatable bonds is 3. The Morgan fingerprint density at radius 2 is 1.95 bits per heavy atom. The maximum atomic E-state index is 12.4. The molecular formula is C17H16N2O3. The molecule has 5 heteroatoms. The van der Waals surface area contributed by atoms with E-state index in [1.165, 1.54) is 4.90 Å². The average Bonchev–Trinajstić information content (AvgIpc) is 2.86. The lowest BCUT2D eigenvalue weighted by Crippen LogP contribution is -2.29. The second-order valence-corrected chi connectivity index (χ2v) is 5.31. The second-order valence-electron chi connectivity index (χ2n) is 5.31. The van der Waals surface area contributed by atoms with Crippen LogP contribution >= 0.6 is 0 Å². The van der Waals surface area contributed by atoms with Gasteiger partial charge in [-0.15, -0.1) is 0 Å². The van der Waals surface area contributed by atoms with Crippen LogP contribution < -0.4 is 5.32 Å². The van der Waals surface area contributed by atoms with Gasteiger partial charge in [0.15, 0.2) is 5.76 Å². The summed E-state index contributed by atoms with van der Waals surface area (Å²) < 4.78 is 0. The van der Waals surface area contributed by atoms with Gasteiger partial charge in [-0.25, -0.2) is 0 Å². The Balaban J connectivity index is 1.86. The van der Waals surface area contributed by atoms with Gasteiger partial charge in [-0.1, -0.05) is 42.5 Å². The normalized spacial score (nSPS) is 14.3. The molecule has 112 valence electrons. The topological polar surface area (TPSA) is 69.6 Å². The zero-order valence-corrected chi connectivity index (χ0v) is 12.2. The van der Waals surface area contributed by atoms with Crippen molar-refractivity contribution in [2.75, 3.05) is 13.6 Å². The number of nitrogens with one attached hydrogen (secondary N) is 1. The molecular weight excluding hydrogens is 280 g/mol. The van der Waals surface area contributed by atoms with Gasteiger partial charge in [0.05, 0.1) is 12.1 Å². The maximum absolute atomic E-state index is 12.4. The largest absolute Gasteiger partial charge is 0.503 e. The number of carbonyl (C=O) groups excluding carboxylic acids is 2. The number of nitrogens with zero attached hydrogens (tertiary/aromatic N) is 1. The van der Waals surface area contributed by atoms with Crippen LogP contribution in [-0.2, 0) is 16.1 Å². The zero-order chi connectivity index (χ0) is 15.7. The maximum Gasteiger partial charge on any atom is 0.286 e. The van der Waals surface area contributed by atoms with Gasteiger partial charge in [-0.3, -0.25) is 9.59 Å². The first-order chi connectivity index (χ1) is 10.6. The minimum Gasteiger partial charge on any atom is -0.503 e. The third-order valence-electron chi connectivity index (χ3n) is 3.82. The fourth-order valence-electron chi connectivity index (χ4n) is 2.64. The highest BCUT2D eigenvalue weighted by atomic mass is 16.3. The van der Waals surface area contributed by atoms with Gasteiger partial charge in [0.2, 0.25) is 0 Å². The summed E-state index contributed by atoms with van der Waals surface area (Å²) in [5.74, 6) is -1.42. The summed E-state index contributed by atoms with van der Waals surface area (Å²) in [4.78, 5) is 25.1. The first-order valence-corrected chi connectivity index (χ1v) is 7.00. The molecule has 3 rings (SSSR count). The van der Waals surface area contributed by atoms with Gasteiger partial charge >= 0.3 is 0 Å². The van der Waals surface area contributed by atoms with E-state index >= 15 is 0 Å². The SMILES string of the molecule is CN(Cc1cccc2ccccc12)C(=O)C1=C(O)C(=O)NC1. The summed E-state index contributed by atoms with van der Waals surface area (Å²) in [6.07, 6.45) is 0. The van der Waals surface area contributed by atoms with Crippen molar-refractivity contribution in [2.45, 2.75) is 6.54 Å². The molecule has 0 unspecified atom stereocenters. The van der Waals surface area contributed by atoms with Crippen LogP contribution in [0.15, 0.2) is 53.8 Å². The number of hydrogen-bond acceptors (Lipinski definition) is 3. The quantitative estimate of drug-likeness (QED) is 0.906. The number of benzene rings is 2. The molecule has 2 N–H and O–H groups in total. The van der Waals surface area contributed by atoms with Gasteiger partial charge in [0.1, 0.15) is 0 Å². The Morgan fingerprint density at radius 1 is 1.23 bits per heavy atom. The summed E-state index contributed by atoms with van der Waals surface area (Å²) >= 11 is 0. The van der Waals surface area contributed by atoms with Gasteiger partial charge in [0, 0.05) is 13.6 Å². The molecule has 2 aromatic carbocycles. The van der Waals surface area contributed by atoms with Crippen molar-refractivity contribution in [3.8, 4) is 0 Å². The second kappa shape index (κ2) is 5.52. The molecule has 1 aliphatic heterocycles. The van der Waals surface area contributed by atoms with E-state index in [9.17, 15) is 14.7 Å². The van der Waals surface area contributed by atoms with Crippen LogP contribution in [0.25, 0.3) is 10.8 Å². The molecule has 1 aliphatic rings. The number of aliphatic hydroxyl groups excluding tert-OH is 1. The third-order valence-corrected chi connectivity index (χ3v) is 3.82. The number of hydrogen-bond donors (Lipinski definition) is 2. The van der Waals surface area contributed by atoms with Crippen LogP contribution in [0.1, 0.15) is 5.56 Å². The lowest BCUT2D eigenvalue weighted by molar-refractivity contribution is -0.126. The predicted molar refractivity (Wildman–Crippen MR) is 83.1 cm³/mol. The van der Waals surface area contributed by atoms with E-state index < -0.39 is 11.7 Å². The molecule has 0 aromatic heterocycles. The van der Waals surface area contributed by atoms with E-state index in [4.69, 9.17) is 0 Å². The number of amides is 2. The molecule has 5 nitrogen and oxygen atoms in total. The molecule has 0 spiro atoms.